The summed E-state index contributed by atoms with van der Waals surface area (Å²) >= 11 is 0. The zero-order valence-electron chi connectivity index (χ0n) is 16.4. The topological polar surface area (TPSA) is 82.6 Å². The molecule has 1 aromatic carbocycles. The maximum absolute atomic E-state index is 12.7. The lowest BCUT2D eigenvalue weighted by molar-refractivity contribution is 0.0889. The second-order valence-corrected chi connectivity index (χ2v) is 6.64. The highest BCUT2D eigenvalue weighted by atomic mass is 16.5. The Morgan fingerprint density at radius 2 is 1.82 bits per heavy atom. The number of carbonyl (C=O) groups excluding carboxylic acids is 1. The minimum absolute atomic E-state index is 0.0951. The van der Waals surface area contributed by atoms with Crippen molar-refractivity contribution in [1.29, 1.82) is 0 Å². The van der Waals surface area contributed by atoms with Crippen molar-refractivity contribution in [2.24, 2.45) is 0 Å². The highest BCUT2D eigenvalue weighted by molar-refractivity contribution is 5.95. The van der Waals surface area contributed by atoms with Crippen molar-refractivity contribution in [1.82, 2.24) is 15.3 Å². The van der Waals surface area contributed by atoms with Gasteiger partial charge in [0.05, 0.1) is 19.4 Å². The molecule has 0 saturated heterocycles. The summed E-state index contributed by atoms with van der Waals surface area (Å²) in [4.78, 5) is 20.8. The molecule has 1 saturated carbocycles. The highest BCUT2D eigenvalue weighted by Crippen LogP contribution is 2.29. The summed E-state index contributed by atoms with van der Waals surface area (Å²) in [5.74, 6) is 1.70. The minimum Gasteiger partial charge on any atom is -0.490 e. The number of benzene rings is 1. The zero-order chi connectivity index (χ0) is 19.8. The fraction of sp³-hybridized carbons (Fsp3) is 0.476. The summed E-state index contributed by atoms with van der Waals surface area (Å²) in [6.45, 7) is 4.89. The number of rotatable bonds is 8. The summed E-state index contributed by atoms with van der Waals surface area (Å²) < 4.78 is 17.0. The van der Waals surface area contributed by atoms with Gasteiger partial charge in [0.25, 0.3) is 5.91 Å². The molecule has 0 unspecified atom stereocenters. The molecule has 1 aliphatic carbocycles. The molecule has 1 heterocycles. The summed E-state index contributed by atoms with van der Waals surface area (Å²) in [5, 5.41) is 3.12. The van der Waals surface area contributed by atoms with Crippen molar-refractivity contribution in [3.8, 4) is 17.4 Å². The lowest BCUT2D eigenvalue weighted by atomic mass is 9.92. The number of nitrogens with one attached hydrogen (secondary N) is 1. The van der Waals surface area contributed by atoms with Gasteiger partial charge in [0.15, 0.2) is 11.5 Å². The molecule has 1 amide bonds. The van der Waals surface area contributed by atoms with Crippen LogP contribution < -0.4 is 19.5 Å². The molecule has 1 aromatic heterocycles. The van der Waals surface area contributed by atoms with Gasteiger partial charge in [-0.2, -0.15) is 0 Å². The Morgan fingerprint density at radius 3 is 2.50 bits per heavy atom. The van der Waals surface area contributed by atoms with Crippen LogP contribution >= 0.6 is 0 Å². The van der Waals surface area contributed by atoms with E-state index in [1.807, 2.05) is 13.8 Å². The van der Waals surface area contributed by atoms with Gasteiger partial charge < -0.3 is 19.5 Å². The maximum Gasteiger partial charge on any atom is 0.251 e. The van der Waals surface area contributed by atoms with Gasteiger partial charge in [-0.1, -0.05) is 0 Å². The molecule has 1 fully saturated rings. The van der Waals surface area contributed by atoms with E-state index in [1.165, 1.54) is 0 Å². The number of ether oxygens (including phenoxy) is 3. The van der Waals surface area contributed by atoms with Crippen LogP contribution in [0.25, 0.3) is 0 Å². The monoisotopic (exact) mass is 385 g/mol. The van der Waals surface area contributed by atoms with Crippen LogP contribution in [0.15, 0.2) is 36.8 Å². The maximum atomic E-state index is 12.7. The average molecular weight is 385 g/mol. The third kappa shape index (κ3) is 5.34. The Balaban J connectivity index is 1.53. The van der Waals surface area contributed by atoms with Gasteiger partial charge in [0, 0.05) is 24.0 Å². The van der Waals surface area contributed by atoms with Gasteiger partial charge >= 0.3 is 0 Å². The van der Waals surface area contributed by atoms with E-state index >= 15 is 0 Å². The first-order valence-electron chi connectivity index (χ1n) is 9.82. The third-order valence-electron chi connectivity index (χ3n) is 4.64. The van der Waals surface area contributed by atoms with Crippen molar-refractivity contribution in [3.63, 3.8) is 0 Å². The molecule has 28 heavy (non-hydrogen) atoms. The zero-order valence-corrected chi connectivity index (χ0v) is 16.4. The summed E-state index contributed by atoms with van der Waals surface area (Å²) in [6.07, 6.45) is 8.45. The van der Waals surface area contributed by atoms with Gasteiger partial charge in [-0.05, 0) is 57.7 Å². The first-order chi connectivity index (χ1) is 13.7. The van der Waals surface area contributed by atoms with Crippen molar-refractivity contribution in [2.75, 3.05) is 13.2 Å². The van der Waals surface area contributed by atoms with E-state index in [-0.39, 0.29) is 18.1 Å². The predicted octanol–water partition coefficient (Wildman–Crippen LogP) is 3.39. The summed E-state index contributed by atoms with van der Waals surface area (Å²) in [7, 11) is 0. The van der Waals surface area contributed by atoms with Crippen LogP contribution in [0.1, 0.15) is 49.9 Å². The Bertz CT molecular complexity index is 762. The highest BCUT2D eigenvalue weighted by Gasteiger charge is 2.24. The van der Waals surface area contributed by atoms with Crippen molar-refractivity contribution >= 4 is 5.91 Å². The molecule has 0 spiro atoms. The van der Waals surface area contributed by atoms with Crippen LogP contribution in [0.5, 0.6) is 17.4 Å². The smallest absolute Gasteiger partial charge is 0.251 e. The van der Waals surface area contributed by atoms with Crippen LogP contribution in [0.2, 0.25) is 0 Å². The number of amides is 1. The Morgan fingerprint density at radius 1 is 1.07 bits per heavy atom. The van der Waals surface area contributed by atoms with Crippen molar-refractivity contribution in [2.45, 2.75) is 51.7 Å². The van der Waals surface area contributed by atoms with Gasteiger partial charge in [-0.3, -0.25) is 9.78 Å². The second-order valence-electron chi connectivity index (χ2n) is 6.64. The van der Waals surface area contributed by atoms with Crippen molar-refractivity contribution < 1.29 is 19.0 Å². The standard InChI is InChI=1S/C21H27N3O4/c1-3-26-18-10-5-15(13-19(18)27-4-2)21(25)24-16-6-8-17(9-7-16)28-20-14-22-11-12-23-20/h5,10-14,16-17H,3-4,6-9H2,1-2H3,(H,24,25). The normalized spacial score (nSPS) is 18.9. The number of carbonyl (C=O) groups is 1. The molecule has 2 aromatic rings. The van der Waals surface area contributed by atoms with Gasteiger partial charge in [0.1, 0.15) is 6.10 Å². The quantitative estimate of drug-likeness (QED) is 0.750. The van der Waals surface area contributed by atoms with E-state index in [1.54, 1.807) is 36.8 Å². The van der Waals surface area contributed by atoms with Crippen molar-refractivity contribution in [3.05, 3.63) is 42.4 Å². The first-order valence-corrected chi connectivity index (χ1v) is 9.82. The van der Waals surface area contributed by atoms with E-state index in [2.05, 4.69) is 15.3 Å². The molecule has 1 aliphatic rings. The fourth-order valence-corrected chi connectivity index (χ4v) is 3.30. The van der Waals surface area contributed by atoms with Gasteiger partial charge in [-0.15, -0.1) is 0 Å². The molecule has 150 valence electrons. The molecular formula is C21H27N3O4. The summed E-state index contributed by atoms with van der Waals surface area (Å²) in [6, 6.07) is 5.43. The molecule has 0 bridgehead atoms. The van der Waals surface area contributed by atoms with Crippen LogP contribution in [-0.2, 0) is 0 Å². The number of aromatic nitrogens is 2. The van der Waals surface area contributed by atoms with Crippen LogP contribution in [0.4, 0.5) is 0 Å². The lowest BCUT2D eigenvalue weighted by Gasteiger charge is -2.29. The predicted molar refractivity (Wildman–Crippen MR) is 105 cm³/mol. The fourth-order valence-electron chi connectivity index (χ4n) is 3.30. The average Bonchev–Trinajstić information content (AvgIpc) is 2.72. The van der Waals surface area contributed by atoms with E-state index in [9.17, 15) is 4.79 Å². The molecule has 1 N–H and O–H groups in total. The number of nitrogens with zero attached hydrogens (tertiary/aromatic N) is 2. The third-order valence-corrected chi connectivity index (χ3v) is 4.64. The molecule has 0 radical (unpaired) electrons. The lowest BCUT2D eigenvalue weighted by Crippen LogP contribution is -2.39. The number of hydrogen-bond donors (Lipinski definition) is 1. The Labute approximate surface area is 165 Å². The minimum atomic E-state index is -0.0951. The summed E-state index contributed by atoms with van der Waals surface area (Å²) in [5.41, 5.74) is 0.574. The largest absolute Gasteiger partial charge is 0.490 e. The van der Waals surface area contributed by atoms with Gasteiger partial charge in [-0.25, -0.2) is 4.98 Å². The van der Waals surface area contributed by atoms with Crippen LogP contribution in [-0.4, -0.2) is 41.2 Å². The van der Waals surface area contributed by atoms with E-state index in [4.69, 9.17) is 14.2 Å². The first kappa shape index (κ1) is 19.9. The molecule has 7 nitrogen and oxygen atoms in total. The van der Waals surface area contributed by atoms with Gasteiger partial charge in [0.2, 0.25) is 5.88 Å². The molecule has 7 heteroatoms. The van der Waals surface area contributed by atoms with Crippen LogP contribution in [0.3, 0.4) is 0 Å². The van der Waals surface area contributed by atoms with E-state index < -0.39 is 0 Å². The molecule has 3 rings (SSSR count). The second kappa shape index (κ2) is 9.92. The Hall–Kier alpha value is -2.83. The van der Waals surface area contributed by atoms with Crippen LogP contribution in [0, 0.1) is 0 Å². The molecule has 0 atom stereocenters. The SMILES string of the molecule is CCOc1ccc(C(=O)NC2CCC(Oc3cnccn3)CC2)cc1OCC. The van der Waals surface area contributed by atoms with E-state index in [0.717, 1.165) is 25.7 Å². The Kier molecular flexibility index (Phi) is 7.06. The van der Waals surface area contributed by atoms with E-state index in [0.29, 0.717) is 36.2 Å². The number of hydrogen-bond acceptors (Lipinski definition) is 6. The molecular weight excluding hydrogens is 358 g/mol. The molecule has 0 aliphatic heterocycles.